The van der Waals surface area contributed by atoms with Crippen LogP contribution in [0.4, 0.5) is 0 Å². The summed E-state index contributed by atoms with van der Waals surface area (Å²) in [6.45, 7) is 0. The molecule has 0 N–H and O–H groups in total. The molecule has 0 spiro atoms. The van der Waals surface area contributed by atoms with Gasteiger partial charge in [0.05, 0.1) is 0 Å². The fraction of sp³-hybridized carbons (Fsp3) is 0. The van der Waals surface area contributed by atoms with Crippen LogP contribution in [0.3, 0.4) is 0 Å². The summed E-state index contributed by atoms with van der Waals surface area (Å²) in [5.74, 6) is 0. The Hall–Kier alpha value is 0.857. The summed E-state index contributed by atoms with van der Waals surface area (Å²) in [5, 5.41) is 0. The second kappa shape index (κ2) is 3.81. The monoisotopic (exact) mass is 276 g/mol. The van der Waals surface area contributed by atoms with Crippen LogP contribution in [0.2, 0.25) is 0 Å². The van der Waals surface area contributed by atoms with Crippen molar-refractivity contribution in [3.05, 3.63) is 0 Å². The molecule has 0 fully saturated rings. The first kappa shape index (κ1) is 7.86. The van der Waals surface area contributed by atoms with E-state index >= 15 is 0 Å². The molecule has 0 aliphatic rings. The Morgan fingerprint density at radius 2 is 1.43 bits per heavy atom. The van der Waals surface area contributed by atoms with Gasteiger partial charge >= 0.3 is 52.4 Å². The van der Waals surface area contributed by atoms with E-state index in [0.29, 0.717) is 0 Å². The molecule has 0 unspecified atom stereocenters. The van der Waals surface area contributed by atoms with Crippen molar-refractivity contribution in [2.24, 2.45) is 0 Å². The van der Waals surface area contributed by atoms with Crippen molar-refractivity contribution < 1.29 is 52.4 Å². The molecular formula is Mo2O5-2. The molecule has 0 aromatic rings. The van der Waals surface area contributed by atoms with Crippen LogP contribution in [0, 0.1) is 0 Å². The van der Waals surface area contributed by atoms with Gasteiger partial charge < -0.3 is 0 Å². The van der Waals surface area contributed by atoms with E-state index in [2.05, 4.69) is 2.04 Å². The summed E-state index contributed by atoms with van der Waals surface area (Å²) in [7, 11) is 0. The molecule has 0 amide bonds. The first-order chi connectivity index (χ1) is 3.13. The Labute approximate surface area is 52.5 Å². The van der Waals surface area contributed by atoms with Crippen LogP contribution in [-0.4, -0.2) is 0 Å². The van der Waals surface area contributed by atoms with Gasteiger partial charge in [-0.2, -0.15) is 0 Å². The van der Waals surface area contributed by atoms with E-state index in [0.717, 1.165) is 0 Å². The molecule has 7 heavy (non-hydrogen) atoms. The average Bonchev–Trinajstić information content (AvgIpc) is 1.27. The van der Waals surface area contributed by atoms with E-state index in [1.54, 1.807) is 0 Å². The molecule has 0 aliphatic heterocycles. The zero-order chi connectivity index (χ0) is 5.86. The van der Waals surface area contributed by atoms with Gasteiger partial charge in [-0.1, -0.05) is 0 Å². The first-order valence-corrected chi connectivity index (χ1v) is 5.92. The van der Waals surface area contributed by atoms with Gasteiger partial charge in [0, 0.05) is 0 Å². The van der Waals surface area contributed by atoms with Crippen molar-refractivity contribution in [3.8, 4) is 0 Å². The van der Waals surface area contributed by atoms with Crippen LogP contribution in [0.5, 0.6) is 0 Å². The normalized spacial score (nSPS) is 10.9. The maximum absolute atomic E-state index is 9.37. The number of hydrogen-bond acceptors (Lipinski definition) is 5. The number of hydrogen-bond donors (Lipinski definition) is 0. The van der Waals surface area contributed by atoms with Gasteiger partial charge in [0.2, 0.25) is 0 Å². The third-order valence-corrected chi connectivity index (χ3v) is 3.89. The van der Waals surface area contributed by atoms with E-state index in [1.807, 2.05) is 0 Å². The molecule has 0 bridgehead atoms. The average molecular weight is 272 g/mol. The molecule has 0 heterocycles. The van der Waals surface area contributed by atoms with Crippen molar-refractivity contribution in [3.63, 3.8) is 0 Å². The van der Waals surface area contributed by atoms with Gasteiger partial charge in [0.25, 0.3) is 0 Å². The van der Waals surface area contributed by atoms with Crippen molar-refractivity contribution in [2.75, 3.05) is 0 Å². The Bertz CT molecular complexity index is 82.3. The van der Waals surface area contributed by atoms with Gasteiger partial charge in [-0.15, -0.1) is 0 Å². The van der Waals surface area contributed by atoms with E-state index < -0.39 is 36.1 Å². The summed E-state index contributed by atoms with van der Waals surface area (Å²) in [5.41, 5.74) is 0. The van der Waals surface area contributed by atoms with Crippen LogP contribution in [0.15, 0.2) is 0 Å². The van der Waals surface area contributed by atoms with Gasteiger partial charge in [-0.05, 0) is 0 Å². The molecule has 0 saturated heterocycles. The molecule has 5 nitrogen and oxygen atoms in total. The summed E-state index contributed by atoms with van der Waals surface area (Å²) in [6, 6.07) is 0. The number of rotatable bonds is 2. The summed E-state index contributed by atoms with van der Waals surface area (Å²) in [6.07, 6.45) is 0. The molecule has 0 aliphatic carbocycles. The van der Waals surface area contributed by atoms with Gasteiger partial charge in [0.1, 0.15) is 0 Å². The topological polar surface area (TPSA) is 89.5 Å². The minimum atomic E-state index is -4.03. The van der Waals surface area contributed by atoms with Crippen molar-refractivity contribution in [2.45, 2.75) is 0 Å². The van der Waals surface area contributed by atoms with E-state index in [1.165, 1.54) is 0 Å². The zero-order valence-corrected chi connectivity index (χ0v) is 6.87. The summed E-state index contributed by atoms with van der Waals surface area (Å²) >= 11 is -8.05. The van der Waals surface area contributed by atoms with E-state index in [-0.39, 0.29) is 0 Å². The van der Waals surface area contributed by atoms with E-state index in [4.69, 9.17) is 0 Å². The fourth-order valence-electron chi connectivity index (χ4n) is 0.0454. The standard InChI is InChI=1S/2Mo.5O/q;;;;;2*-1. The van der Waals surface area contributed by atoms with Crippen molar-refractivity contribution in [1.29, 1.82) is 0 Å². The molecule has 44 valence electrons. The Morgan fingerprint density at radius 3 is 1.43 bits per heavy atom. The predicted octanol–water partition coefficient (Wildman–Crippen LogP) is -2.69. The first-order valence-electron chi connectivity index (χ1n) is 1.00. The second-order valence-electron chi connectivity index (χ2n) is 0.476. The third-order valence-electron chi connectivity index (χ3n) is 0.111. The zero-order valence-electron chi connectivity index (χ0n) is 2.86. The molecule has 0 aromatic heterocycles. The van der Waals surface area contributed by atoms with Gasteiger partial charge in [0.15, 0.2) is 0 Å². The molecule has 7 heteroatoms. The van der Waals surface area contributed by atoms with Crippen LogP contribution in [0.25, 0.3) is 0 Å². The minimum absolute atomic E-state index is 3.37. The fourth-order valence-corrected chi connectivity index (χ4v) is 1.59. The SMILES string of the molecule is [O]=[Mo]([O-])[O][Mo](=[O])[O-]. The van der Waals surface area contributed by atoms with Crippen LogP contribution < -0.4 is 7.52 Å². The second-order valence-corrected chi connectivity index (χ2v) is 4.80. The molecule has 0 rings (SSSR count). The van der Waals surface area contributed by atoms with Gasteiger partial charge in [-0.25, -0.2) is 0 Å². The Balaban J connectivity index is 3.32. The Morgan fingerprint density at radius 1 is 1.14 bits per heavy atom. The molecular weight excluding hydrogens is 272 g/mol. The van der Waals surface area contributed by atoms with Crippen molar-refractivity contribution in [1.82, 2.24) is 0 Å². The third kappa shape index (κ3) is 6.86. The Kier molecular flexibility index (Phi) is 4.28. The predicted molar refractivity (Wildman–Crippen MR) is 2.46 cm³/mol. The summed E-state index contributed by atoms with van der Waals surface area (Å²) in [4.78, 5) is 0. The molecule has 0 saturated carbocycles. The molecule has 0 atom stereocenters. The van der Waals surface area contributed by atoms with E-state index in [9.17, 15) is 14.3 Å². The van der Waals surface area contributed by atoms with Crippen LogP contribution >= 0.6 is 0 Å². The quantitative estimate of drug-likeness (QED) is 0.511. The summed E-state index contributed by atoms with van der Waals surface area (Å²) < 4.78 is 40.9. The van der Waals surface area contributed by atoms with Gasteiger partial charge in [-0.3, -0.25) is 0 Å². The van der Waals surface area contributed by atoms with Crippen LogP contribution in [-0.2, 0) is 44.9 Å². The maximum atomic E-state index is 9.37. The molecule has 0 radical (unpaired) electrons. The van der Waals surface area contributed by atoms with Crippen molar-refractivity contribution >= 4 is 0 Å². The van der Waals surface area contributed by atoms with Crippen LogP contribution in [0.1, 0.15) is 0 Å². The molecule has 0 aromatic carbocycles.